The number of hydrogen-bond donors (Lipinski definition) is 1. The Morgan fingerprint density at radius 1 is 1.27 bits per heavy atom. The number of halogens is 1. The van der Waals surface area contributed by atoms with Gasteiger partial charge in [0.15, 0.2) is 5.60 Å². The fourth-order valence-corrected chi connectivity index (χ4v) is 2.59. The van der Waals surface area contributed by atoms with Crippen LogP contribution in [0.1, 0.15) is 27.7 Å². The van der Waals surface area contributed by atoms with Crippen molar-refractivity contribution < 1.29 is 9.53 Å². The van der Waals surface area contributed by atoms with Crippen LogP contribution in [0.3, 0.4) is 0 Å². The van der Waals surface area contributed by atoms with Gasteiger partial charge in [-0.05, 0) is 51.2 Å². The zero-order valence-electron chi connectivity index (χ0n) is 15.8. The van der Waals surface area contributed by atoms with Crippen LogP contribution in [0.2, 0.25) is 5.02 Å². The van der Waals surface area contributed by atoms with E-state index < -0.39 is 5.60 Å². The van der Waals surface area contributed by atoms with Gasteiger partial charge in [0.1, 0.15) is 5.75 Å². The molecular formula is C19H27ClN4O2. The molecule has 0 aliphatic carbocycles. The maximum atomic E-state index is 12.6. The molecule has 0 unspecified atom stereocenters. The summed E-state index contributed by atoms with van der Waals surface area (Å²) in [5.74, 6) is 0.347. The van der Waals surface area contributed by atoms with Crippen molar-refractivity contribution in [1.82, 2.24) is 14.7 Å². The highest BCUT2D eigenvalue weighted by Crippen LogP contribution is 2.22. The molecule has 1 N–H and O–H groups in total. The number of hydrogen-bond acceptors (Lipinski definition) is 4. The van der Waals surface area contributed by atoms with E-state index >= 15 is 0 Å². The van der Waals surface area contributed by atoms with Gasteiger partial charge in [0, 0.05) is 17.8 Å². The van der Waals surface area contributed by atoms with Crippen LogP contribution < -0.4 is 10.1 Å². The maximum absolute atomic E-state index is 12.6. The standard InChI is InChI=1S/C19H27ClN4O2/c1-5-23(6-2)11-12-24-14-16(13-21-24)22-18(25)19(3,4)26-17-9-7-15(20)8-10-17/h7-10,13-14H,5-6,11-12H2,1-4H3,(H,22,25). The van der Waals surface area contributed by atoms with Gasteiger partial charge >= 0.3 is 0 Å². The number of aromatic nitrogens is 2. The fraction of sp³-hybridized carbons (Fsp3) is 0.474. The number of rotatable bonds is 9. The Morgan fingerprint density at radius 2 is 1.92 bits per heavy atom. The third-order valence-electron chi connectivity index (χ3n) is 4.16. The van der Waals surface area contributed by atoms with Gasteiger partial charge in [-0.15, -0.1) is 0 Å². The van der Waals surface area contributed by atoms with Crippen molar-refractivity contribution in [3.63, 3.8) is 0 Å². The zero-order chi connectivity index (χ0) is 19.2. The highest BCUT2D eigenvalue weighted by molar-refractivity contribution is 6.30. The largest absolute Gasteiger partial charge is 0.478 e. The number of anilines is 1. The first-order valence-electron chi connectivity index (χ1n) is 8.85. The summed E-state index contributed by atoms with van der Waals surface area (Å²) < 4.78 is 7.64. The predicted molar refractivity (Wildman–Crippen MR) is 105 cm³/mol. The minimum absolute atomic E-state index is 0.240. The Hall–Kier alpha value is -2.05. The summed E-state index contributed by atoms with van der Waals surface area (Å²) in [7, 11) is 0. The number of carbonyl (C=O) groups excluding carboxylic acids is 1. The number of likely N-dealkylation sites (N-methyl/N-ethyl adjacent to an activating group) is 1. The lowest BCUT2D eigenvalue weighted by atomic mass is 10.1. The van der Waals surface area contributed by atoms with E-state index in [4.69, 9.17) is 16.3 Å². The number of ether oxygens (including phenoxy) is 1. The van der Waals surface area contributed by atoms with Crippen molar-refractivity contribution in [2.24, 2.45) is 0 Å². The molecule has 0 radical (unpaired) electrons. The number of benzene rings is 1. The van der Waals surface area contributed by atoms with Gasteiger partial charge in [0.25, 0.3) is 5.91 Å². The van der Waals surface area contributed by atoms with E-state index in [1.54, 1.807) is 44.3 Å². The summed E-state index contributed by atoms with van der Waals surface area (Å²) in [4.78, 5) is 14.9. The van der Waals surface area contributed by atoms with Gasteiger partial charge < -0.3 is 15.0 Å². The molecule has 0 spiro atoms. The lowest BCUT2D eigenvalue weighted by Crippen LogP contribution is -2.42. The molecule has 1 aromatic carbocycles. The highest BCUT2D eigenvalue weighted by atomic mass is 35.5. The van der Waals surface area contributed by atoms with Crippen LogP contribution in [-0.4, -0.2) is 45.8 Å². The molecule has 0 aliphatic rings. The lowest BCUT2D eigenvalue weighted by molar-refractivity contribution is -0.128. The summed E-state index contributed by atoms with van der Waals surface area (Å²) in [6, 6.07) is 6.93. The van der Waals surface area contributed by atoms with Crippen LogP contribution in [0.15, 0.2) is 36.7 Å². The van der Waals surface area contributed by atoms with Gasteiger partial charge in [0.2, 0.25) is 0 Å². The average Bonchev–Trinajstić information content (AvgIpc) is 3.05. The van der Waals surface area contributed by atoms with Crippen LogP contribution >= 0.6 is 11.6 Å². The average molecular weight is 379 g/mol. The molecule has 2 rings (SSSR count). The third-order valence-corrected chi connectivity index (χ3v) is 4.42. The molecule has 6 nitrogen and oxygen atoms in total. The Bertz CT molecular complexity index is 709. The van der Waals surface area contributed by atoms with Crippen molar-refractivity contribution >= 4 is 23.2 Å². The minimum Gasteiger partial charge on any atom is -0.478 e. The van der Waals surface area contributed by atoms with Crippen LogP contribution in [0, 0.1) is 0 Å². The molecule has 0 aliphatic heterocycles. The van der Waals surface area contributed by atoms with Gasteiger partial charge in [-0.2, -0.15) is 5.10 Å². The summed E-state index contributed by atoms with van der Waals surface area (Å²) >= 11 is 5.87. The molecule has 0 bridgehead atoms. The normalized spacial score (nSPS) is 11.6. The summed E-state index contributed by atoms with van der Waals surface area (Å²) in [5.41, 5.74) is -0.376. The van der Waals surface area contributed by atoms with E-state index in [-0.39, 0.29) is 5.91 Å². The van der Waals surface area contributed by atoms with E-state index in [1.807, 2.05) is 10.9 Å². The Kier molecular flexibility index (Phi) is 7.06. The number of carbonyl (C=O) groups is 1. The van der Waals surface area contributed by atoms with Crippen LogP contribution in [0.4, 0.5) is 5.69 Å². The smallest absolute Gasteiger partial charge is 0.268 e. The van der Waals surface area contributed by atoms with Gasteiger partial charge in [0.05, 0.1) is 18.4 Å². The molecule has 1 amide bonds. The topological polar surface area (TPSA) is 59.4 Å². The van der Waals surface area contributed by atoms with Crippen LogP contribution in [-0.2, 0) is 11.3 Å². The van der Waals surface area contributed by atoms with Crippen molar-refractivity contribution in [2.75, 3.05) is 25.0 Å². The molecule has 26 heavy (non-hydrogen) atoms. The fourth-order valence-electron chi connectivity index (χ4n) is 2.46. The molecular weight excluding hydrogens is 352 g/mol. The molecule has 0 saturated carbocycles. The molecule has 0 fully saturated rings. The van der Waals surface area contributed by atoms with Crippen molar-refractivity contribution in [1.29, 1.82) is 0 Å². The molecule has 7 heteroatoms. The zero-order valence-corrected chi connectivity index (χ0v) is 16.6. The quantitative estimate of drug-likeness (QED) is 0.723. The summed E-state index contributed by atoms with van der Waals surface area (Å²) in [5, 5.41) is 7.79. The monoisotopic (exact) mass is 378 g/mol. The molecule has 0 saturated heterocycles. The predicted octanol–water partition coefficient (Wildman–Crippen LogP) is 3.67. The number of nitrogens with zero attached hydrogens (tertiary/aromatic N) is 3. The first-order valence-corrected chi connectivity index (χ1v) is 9.22. The van der Waals surface area contributed by atoms with E-state index in [0.29, 0.717) is 16.5 Å². The Balaban J connectivity index is 1.92. The van der Waals surface area contributed by atoms with Crippen LogP contribution in [0.5, 0.6) is 5.75 Å². The van der Waals surface area contributed by atoms with E-state index in [1.165, 1.54) is 0 Å². The molecule has 1 heterocycles. The molecule has 142 valence electrons. The van der Waals surface area contributed by atoms with Gasteiger partial charge in [-0.3, -0.25) is 9.48 Å². The second kappa shape index (κ2) is 9.05. The van der Waals surface area contributed by atoms with Crippen molar-refractivity contribution in [3.8, 4) is 5.75 Å². The van der Waals surface area contributed by atoms with Crippen LogP contribution in [0.25, 0.3) is 0 Å². The van der Waals surface area contributed by atoms with Crippen molar-refractivity contribution in [2.45, 2.75) is 39.8 Å². The Labute approximate surface area is 160 Å². The summed E-state index contributed by atoms with van der Waals surface area (Å²) in [6.07, 6.45) is 3.48. The molecule has 1 aromatic heterocycles. The lowest BCUT2D eigenvalue weighted by Gasteiger charge is -2.25. The first kappa shape index (κ1) is 20.3. The van der Waals surface area contributed by atoms with E-state index in [2.05, 4.69) is 29.2 Å². The Morgan fingerprint density at radius 3 is 2.54 bits per heavy atom. The second-order valence-electron chi connectivity index (χ2n) is 6.54. The summed E-state index contributed by atoms with van der Waals surface area (Å²) in [6.45, 7) is 11.5. The third kappa shape index (κ3) is 5.75. The van der Waals surface area contributed by atoms with Gasteiger partial charge in [-0.1, -0.05) is 25.4 Å². The van der Waals surface area contributed by atoms with E-state index in [0.717, 1.165) is 26.2 Å². The highest BCUT2D eigenvalue weighted by Gasteiger charge is 2.30. The van der Waals surface area contributed by atoms with Gasteiger partial charge in [-0.25, -0.2) is 0 Å². The van der Waals surface area contributed by atoms with Crippen molar-refractivity contribution in [3.05, 3.63) is 41.7 Å². The SMILES string of the molecule is CCN(CC)CCn1cc(NC(=O)C(C)(C)Oc2ccc(Cl)cc2)cn1. The number of nitrogens with one attached hydrogen (secondary N) is 1. The first-order chi connectivity index (χ1) is 12.3. The second-order valence-corrected chi connectivity index (χ2v) is 6.98. The minimum atomic E-state index is -1.03. The van der Waals surface area contributed by atoms with E-state index in [9.17, 15) is 4.79 Å². The molecule has 0 atom stereocenters. The number of amides is 1. The molecule has 2 aromatic rings. The maximum Gasteiger partial charge on any atom is 0.268 e.